The molecule has 0 aromatic rings. The molecule has 116 valence electrons. The van der Waals surface area contributed by atoms with Crippen molar-refractivity contribution >= 4 is 27.1 Å². The second kappa shape index (κ2) is 20.6. The van der Waals surface area contributed by atoms with Crippen LogP contribution in [0.15, 0.2) is 0 Å². The maximum absolute atomic E-state index is 10.0. The summed E-state index contributed by atoms with van der Waals surface area (Å²) in [5.41, 5.74) is 0. The van der Waals surface area contributed by atoms with E-state index >= 15 is 0 Å². The molecule has 19 heavy (non-hydrogen) atoms. The van der Waals surface area contributed by atoms with E-state index in [1.165, 1.54) is 44.9 Å². The molecule has 0 saturated heterocycles. The van der Waals surface area contributed by atoms with Crippen LogP contribution in [0.1, 0.15) is 85.0 Å². The van der Waals surface area contributed by atoms with Crippen LogP contribution >= 0.6 is 0 Å². The molecule has 2 nitrogen and oxygen atoms in total. The molecule has 3 heteroatoms. The monoisotopic (exact) mass is 380 g/mol. The number of unbranched alkanes of at least 4 members (excludes halogenated alkanes) is 6. The van der Waals surface area contributed by atoms with Crippen molar-refractivity contribution in [2.24, 2.45) is 0 Å². The molecule has 0 radical (unpaired) electrons. The van der Waals surface area contributed by atoms with E-state index in [2.05, 4.69) is 20.8 Å². The summed E-state index contributed by atoms with van der Waals surface area (Å²) < 4.78 is 3.33. The first-order valence-corrected chi connectivity index (χ1v) is 14.1. The fourth-order valence-corrected chi connectivity index (χ4v) is 7.79. The second-order valence-electron chi connectivity index (χ2n) is 5.33. The third-order valence-corrected chi connectivity index (χ3v) is 8.91. The number of hydrogen-bond donors (Lipinski definition) is 1. The number of rotatable bonds is 12. The van der Waals surface area contributed by atoms with Gasteiger partial charge in [-0.25, -0.2) is 0 Å². The Bertz CT molecular complexity index is 166. The zero-order valence-electron chi connectivity index (χ0n) is 13.5. The molecule has 1 N–H and O–H groups in total. The van der Waals surface area contributed by atoms with Gasteiger partial charge in [-0.3, -0.25) is 4.79 Å². The molecular weight excluding hydrogens is 343 g/mol. The molecular formula is C16H36O2Sn. The average Bonchev–Trinajstić information content (AvgIpc) is 2.39. The normalized spacial score (nSPS) is 9.84. The van der Waals surface area contributed by atoms with Crippen LogP contribution in [0, 0.1) is 0 Å². The molecule has 0 unspecified atom stereocenters. The Morgan fingerprint density at radius 2 is 1.26 bits per heavy atom. The van der Waals surface area contributed by atoms with Gasteiger partial charge >= 0.3 is 75.5 Å². The summed E-state index contributed by atoms with van der Waals surface area (Å²) in [6.45, 7) is 6.74. The quantitative estimate of drug-likeness (QED) is 0.382. The summed E-state index contributed by atoms with van der Waals surface area (Å²) in [7, 11) is 0. The first-order valence-electron chi connectivity index (χ1n) is 8.40. The Labute approximate surface area is 131 Å². The van der Waals surface area contributed by atoms with Gasteiger partial charge < -0.3 is 5.11 Å². The van der Waals surface area contributed by atoms with E-state index in [9.17, 15) is 4.79 Å². The van der Waals surface area contributed by atoms with Crippen molar-refractivity contribution in [3.8, 4) is 0 Å². The van der Waals surface area contributed by atoms with Gasteiger partial charge in [0.1, 0.15) is 0 Å². The van der Waals surface area contributed by atoms with Gasteiger partial charge in [0.05, 0.1) is 0 Å². The van der Waals surface area contributed by atoms with Crippen molar-refractivity contribution in [2.75, 3.05) is 0 Å². The zero-order valence-corrected chi connectivity index (χ0v) is 17.6. The molecule has 0 aliphatic rings. The van der Waals surface area contributed by atoms with E-state index in [1.54, 1.807) is 8.87 Å². The number of carboxylic acid groups (broad SMARTS) is 1. The number of carbonyl (C=O) groups is 1. The first kappa shape index (κ1) is 21.6. The zero-order chi connectivity index (χ0) is 14.8. The van der Waals surface area contributed by atoms with Gasteiger partial charge in [0.15, 0.2) is 0 Å². The average molecular weight is 379 g/mol. The number of aliphatic carboxylic acids is 1. The fourth-order valence-electron chi connectivity index (χ4n) is 1.91. The molecule has 0 spiro atoms. The van der Waals surface area contributed by atoms with Crippen LogP contribution < -0.4 is 0 Å². The van der Waals surface area contributed by atoms with Crippen LogP contribution in [0.2, 0.25) is 8.87 Å². The molecule has 0 fully saturated rings. The summed E-state index contributed by atoms with van der Waals surface area (Å²) in [6, 6.07) is 0. The van der Waals surface area contributed by atoms with Gasteiger partial charge in [-0.2, -0.15) is 0 Å². The summed E-state index contributed by atoms with van der Waals surface area (Å²) >= 11 is -0.159. The molecule has 0 atom stereocenters. The standard InChI is InChI=1S/C8H16O2.2C4H9.Sn.2H/c1-2-3-4-5-6-7-8(9)10;2*1-3-4-2;;;/h2-7H2,1H3,(H,9,10);2*1,3-4H2,2H3;;;. The van der Waals surface area contributed by atoms with Crippen molar-refractivity contribution in [2.45, 2.75) is 93.9 Å². The topological polar surface area (TPSA) is 37.3 Å². The van der Waals surface area contributed by atoms with Crippen molar-refractivity contribution in [3.05, 3.63) is 0 Å². The van der Waals surface area contributed by atoms with Crippen LogP contribution in [-0.4, -0.2) is 32.2 Å². The number of carboxylic acids is 1. The van der Waals surface area contributed by atoms with Crippen LogP contribution in [0.3, 0.4) is 0 Å². The van der Waals surface area contributed by atoms with Crippen LogP contribution in [0.5, 0.6) is 0 Å². The van der Waals surface area contributed by atoms with Crippen LogP contribution in [0.4, 0.5) is 0 Å². The van der Waals surface area contributed by atoms with Crippen LogP contribution in [0.25, 0.3) is 0 Å². The molecule has 0 aromatic heterocycles. The predicted octanol–water partition coefficient (Wildman–Crippen LogP) is 5.02. The van der Waals surface area contributed by atoms with Gasteiger partial charge in [-0.05, 0) is 6.42 Å². The van der Waals surface area contributed by atoms with E-state index in [-0.39, 0.29) is 21.1 Å². The number of hydrogen-bond acceptors (Lipinski definition) is 1. The Hall–Kier alpha value is 0.269. The molecule has 0 bridgehead atoms. The molecule has 0 amide bonds. The fraction of sp³-hybridized carbons (Fsp3) is 0.938. The maximum atomic E-state index is 10.0. The molecule has 0 aliphatic heterocycles. The van der Waals surface area contributed by atoms with E-state index < -0.39 is 5.97 Å². The Morgan fingerprint density at radius 3 is 1.68 bits per heavy atom. The van der Waals surface area contributed by atoms with Crippen molar-refractivity contribution < 1.29 is 9.90 Å². The van der Waals surface area contributed by atoms with E-state index in [0.717, 1.165) is 12.8 Å². The minimum absolute atomic E-state index is 0.159. The first-order chi connectivity index (χ1) is 9.18. The summed E-state index contributed by atoms with van der Waals surface area (Å²) in [5.74, 6) is -0.670. The molecule has 0 rings (SSSR count). The third-order valence-electron chi connectivity index (χ3n) is 3.20. The van der Waals surface area contributed by atoms with Gasteiger partial charge in [-0.1, -0.05) is 32.6 Å². The van der Waals surface area contributed by atoms with E-state index in [1.807, 2.05) is 0 Å². The second-order valence-corrected chi connectivity index (χ2v) is 11.4. The molecule has 0 heterocycles. The van der Waals surface area contributed by atoms with Gasteiger partial charge in [-0.15, -0.1) is 0 Å². The van der Waals surface area contributed by atoms with Crippen LogP contribution in [-0.2, 0) is 4.79 Å². The van der Waals surface area contributed by atoms with Crippen molar-refractivity contribution in [1.82, 2.24) is 0 Å². The van der Waals surface area contributed by atoms with Crippen molar-refractivity contribution in [1.29, 1.82) is 0 Å². The summed E-state index contributed by atoms with van der Waals surface area (Å²) in [5, 5.41) is 8.27. The predicted molar refractivity (Wildman–Crippen MR) is 89.0 cm³/mol. The Morgan fingerprint density at radius 1 is 0.789 bits per heavy atom. The molecule has 0 saturated carbocycles. The molecule has 0 aliphatic carbocycles. The van der Waals surface area contributed by atoms with Gasteiger partial charge in [0, 0.05) is 6.42 Å². The van der Waals surface area contributed by atoms with Gasteiger partial charge in [0.25, 0.3) is 0 Å². The summed E-state index contributed by atoms with van der Waals surface area (Å²) in [4.78, 5) is 10.0. The van der Waals surface area contributed by atoms with E-state index in [4.69, 9.17) is 5.11 Å². The Kier molecular flexibility index (Phi) is 23.4. The minimum atomic E-state index is -0.670. The Balaban J connectivity index is 0. The SMILES string of the molecule is CCCCCCCC(=O)O.CCC[CH2][SnH2][CH2]CCC. The van der Waals surface area contributed by atoms with Crippen molar-refractivity contribution in [3.63, 3.8) is 0 Å². The molecule has 0 aromatic carbocycles. The van der Waals surface area contributed by atoms with Gasteiger partial charge in [0.2, 0.25) is 0 Å². The van der Waals surface area contributed by atoms with E-state index in [0.29, 0.717) is 6.42 Å². The third kappa shape index (κ3) is 27.5. The summed E-state index contributed by atoms with van der Waals surface area (Å²) in [6.07, 6.45) is 11.8.